The van der Waals surface area contributed by atoms with Crippen molar-refractivity contribution in [2.75, 3.05) is 13.1 Å². The van der Waals surface area contributed by atoms with Gasteiger partial charge in [0, 0.05) is 24.7 Å². The van der Waals surface area contributed by atoms with E-state index in [9.17, 15) is 4.79 Å². The SMILES string of the molecule is Cc1ccc(CN2CCNC(=O)C23CCCC3)c(Cl)c1. The molecule has 4 heteroatoms. The Labute approximate surface area is 125 Å². The fourth-order valence-electron chi connectivity index (χ4n) is 3.55. The second kappa shape index (κ2) is 5.38. The van der Waals surface area contributed by atoms with Gasteiger partial charge in [0.15, 0.2) is 0 Å². The molecule has 1 aromatic rings. The number of amides is 1. The van der Waals surface area contributed by atoms with Crippen LogP contribution in [0.5, 0.6) is 0 Å². The molecule has 1 saturated carbocycles. The molecule has 1 aliphatic carbocycles. The normalized spacial score (nSPS) is 22.2. The standard InChI is InChI=1S/C16H21ClN2O/c1-12-4-5-13(14(17)10-12)11-19-9-8-18-15(20)16(19)6-2-3-7-16/h4-5,10H,2-3,6-9,11H2,1H3,(H,18,20). The first-order chi connectivity index (χ1) is 9.62. The summed E-state index contributed by atoms with van der Waals surface area (Å²) >= 11 is 6.35. The number of nitrogens with zero attached hydrogens (tertiary/aromatic N) is 1. The van der Waals surface area contributed by atoms with E-state index in [-0.39, 0.29) is 11.4 Å². The number of halogens is 1. The van der Waals surface area contributed by atoms with Gasteiger partial charge in [-0.05, 0) is 37.0 Å². The van der Waals surface area contributed by atoms with E-state index in [0.29, 0.717) is 0 Å². The summed E-state index contributed by atoms with van der Waals surface area (Å²) in [5.41, 5.74) is 2.01. The van der Waals surface area contributed by atoms with E-state index in [0.717, 1.165) is 55.9 Å². The van der Waals surface area contributed by atoms with Crippen molar-refractivity contribution < 1.29 is 4.79 Å². The van der Waals surface area contributed by atoms with Gasteiger partial charge < -0.3 is 5.32 Å². The molecule has 0 radical (unpaired) electrons. The van der Waals surface area contributed by atoms with Crippen LogP contribution >= 0.6 is 11.6 Å². The molecule has 2 fully saturated rings. The van der Waals surface area contributed by atoms with Crippen molar-refractivity contribution in [3.63, 3.8) is 0 Å². The minimum atomic E-state index is -0.285. The maximum atomic E-state index is 12.4. The minimum Gasteiger partial charge on any atom is -0.353 e. The molecule has 1 N–H and O–H groups in total. The average Bonchev–Trinajstić information content (AvgIpc) is 2.89. The quantitative estimate of drug-likeness (QED) is 0.909. The van der Waals surface area contributed by atoms with Crippen LogP contribution in [0.15, 0.2) is 18.2 Å². The summed E-state index contributed by atoms with van der Waals surface area (Å²) in [6.45, 7) is 4.47. The molecule has 1 spiro atoms. The Morgan fingerprint density at radius 3 is 2.80 bits per heavy atom. The highest BCUT2D eigenvalue weighted by Gasteiger charge is 2.47. The largest absolute Gasteiger partial charge is 0.353 e. The van der Waals surface area contributed by atoms with Gasteiger partial charge in [-0.25, -0.2) is 0 Å². The summed E-state index contributed by atoms with van der Waals surface area (Å²) in [5.74, 6) is 0.212. The van der Waals surface area contributed by atoms with E-state index < -0.39 is 0 Å². The van der Waals surface area contributed by atoms with E-state index >= 15 is 0 Å². The van der Waals surface area contributed by atoms with E-state index in [1.165, 1.54) is 5.56 Å². The molecule has 0 atom stereocenters. The van der Waals surface area contributed by atoms with Crippen molar-refractivity contribution >= 4 is 17.5 Å². The smallest absolute Gasteiger partial charge is 0.240 e. The van der Waals surface area contributed by atoms with Crippen LogP contribution in [0.4, 0.5) is 0 Å². The Morgan fingerprint density at radius 1 is 1.35 bits per heavy atom. The highest BCUT2D eigenvalue weighted by Crippen LogP contribution is 2.38. The van der Waals surface area contributed by atoms with Crippen molar-refractivity contribution in [3.05, 3.63) is 34.3 Å². The first-order valence-electron chi connectivity index (χ1n) is 7.40. The van der Waals surface area contributed by atoms with Gasteiger partial charge in [-0.2, -0.15) is 0 Å². The number of benzene rings is 1. The first kappa shape index (κ1) is 13.9. The summed E-state index contributed by atoms with van der Waals surface area (Å²) in [7, 11) is 0. The second-order valence-corrected chi connectivity index (χ2v) is 6.42. The van der Waals surface area contributed by atoms with Crippen molar-refractivity contribution in [1.29, 1.82) is 0 Å². The van der Waals surface area contributed by atoms with E-state index in [1.807, 2.05) is 13.0 Å². The molecule has 0 bridgehead atoms. The summed E-state index contributed by atoms with van der Waals surface area (Å²) in [6, 6.07) is 6.18. The van der Waals surface area contributed by atoms with Crippen LogP contribution in [0.1, 0.15) is 36.8 Å². The van der Waals surface area contributed by atoms with Gasteiger partial charge in [0.2, 0.25) is 5.91 Å². The van der Waals surface area contributed by atoms with E-state index in [4.69, 9.17) is 11.6 Å². The third-order valence-corrected chi connectivity index (χ3v) is 5.05. The van der Waals surface area contributed by atoms with E-state index in [1.54, 1.807) is 0 Å². The Balaban J connectivity index is 1.86. The number of piperazine rings is 1. The fourth-order valence-corrected chi connectivity index (χ4v) is 3.84. The van der Waals surface area contributed by atoms with Crippen LogP contribution in [0.3, 0.4) is 0 Å². The molecule has 1 saturated heterocycles. The molecule has 0 aromatic heterocycles. The molecule has 1 aliphatic heterocycles. The zero-order valence-corrected chi connectivity index (χ0v) is 12.7. The zero-order chi connectivity index (χ0) is 14.2. The van der Waals surface area contributed by atoms with Crippen LogP contribution < -0.4 is 5.32 Å². The third kappa shape index (κ3) is 2.33. The number of hydrogen-bond acceptors (Lipinski definition) is 2. The van der Waals surface area contributed by atoms with Crippen molar-refractivity contribution in [2.45, 2.75) is 44.7 Å². The minimum absolute atomic E-state index is 0.212. The highest BCUT2D eigenvalue weighted by atomic mass is 35.5. The summed E-state index contributed by atoms with van der Waals surface area (Å²) in [6.07, 6.45) is 4.24. The van der Waals surface area contributed by atoms with Gasteiger partial charge in [-0.1, -0.05) is 36.6 Å². The predicted octanol–water partition coefficient (Wildman–Crippen LogP) is 2.89. The Bertz CT molecular complexity index is 523. The molecular formula is C16H21ClN2O. The number of carbonyl (C=O) groups is 1. The predicted molar refractivity (Wildman–Crippen MR) is 80.8 cm³/mol. The molecule has 20 heavy (non-hydrogen) atoms. The lowest BCUT2D eigenvalue weighted by Gasteiger charge is -2.43. The number of nitrogens with one attached hydrogen (secondary N) is 1. The Morgan fingerprint density at radius 2 is 2.10 bits per heavy atom. The van der Waals surface area contributed by atoms with Crippen LogP contribution in [0.25, 0.3) is 0 Å². The summed E-state index contributed by atoms with van der Waals surface area (Å²) in [5, 5.41) is 3.85. The maximum Gasteiger partial charge on any atom is 0.240 e. The van der Waals surface area contributed by atoms with E-state index in [2.05, 4.69) is 22.3 Å². The number of rotatable bonds is 2. The molecule has 0 unspecified atom stereocenters. The number of carbonyl (C=O) groups excluding carboxylic acids is 1. The summed E-state index contributed by atoms with van der Waals surface area (Å²) < 4.78 is 0. The Kier molecular flexibility index (Phi) is 3.74. The molecule has 108 valence electrons. The van der Waals surface area contributed by atoms with Crippen molar-refractivity contribution in [2.24, 2.45) is 0 Å². The van der Waals surface area contributed by atoms with Crippen molar-refractivity contribution in [3.8, 4) is 0 Å². The van der Waals surface area contributed by atoms with Gasteiger partial charge in [0.05, 0.1) is 0 Å². The monoisotopic (exact) mass is 292 g/mol. The maximum absolute atomic E-state index is 12.4. The van der Waals surface area contributed by atoms with Gasteiger partial charge >= 0.3 is 0 Å². The molecule has 3 rings (SSSR count). The highest BCUT2D eigenvalue weighted by molar-refractivity contribution is 6.31. The summed E-state index contributed by atoms with van der Waals surface area (Å²) in [4.78, 5) is 14.7. The van der Waals surface area contributed by atoms with Gasteiger partial charge in [-0.15, -0.1) is 0 Å². The average molecular weight is 293 g/mol. The van der Waals surface area contributed by atoms with Crippen LogP contribution in [-0.4, -0.2) is 29.4 Å². The van der Waals surface area contributed by atoms with Crippen LogP contribution in [0.2, 0.25) is 5.02 Å². The third-order valence-electron chi connectivity index (χ3n) is 4.70. The second-order valence-electron chi connectivity index (χ2n) is 6.01. The molecule has 1 heterocycles. The zero-order valence-electron chi connectivity index (χ0n) is 11.9. The van der Waals surface area contributed by atoms with Gasteiger partial charge in [0.25, 0.3) is 0 Å². The molecule has 2 aliphatic rings. The molecule has 3 nitrogen and oxygen atoms in total. The van der Waals surface area contributed by atoms with Crippen molar-refractivity contribution in [1.82, 2.24) is 10.2 Å². The van der Waals surface area contributed by atoms with Crippen LogP contribution in [0, 0.1) is 6.92 Å². The Hall–Kier alpha value is -1.06. The number of hydrogen-bond donors (Lipinski definition) is 1. The lowest BCUT2D eigenvalue weighted by atomic mass is 9.91. The molecular weight excluding hydrogens is 272 g/mol. The van der Waals surface area contributed by atoms with Crippen LogP contribution in [-0.2, 0) is 11.3 Å². The lowest BCUT2D eigenvalue weighted by molar-refractivity contribution is -0.137. The fraction of sp³-hybridized carbons (Fsp3) is 0.562. The number of aryl methyl sites for hydroxylation is 1. The molecule has 1 amide bonds. The van der Waals surface area contributed by atoms with Gasteiger partial charge in [0.1, 0.15) is 5.54 Å². The first-order valence-corrected chi connectivity index (χ1v) is 7.78. The lowest BCUT2D eigenvalue weighted by Crippen LogP contribution is -2.63. The topological polar surface area (TPSA) is 32.3 Å². The van der Waals surface area contributed by atoms with Gasteiger partial charge in [-0.3, -0.25) is 9.69 Å². The molecule has 1 aromatic carbocycles.